The van der Waals surface area contributed by atoms with E-state index in [9.17, 15) is 9.65 Å². The number of aromatic nitrogens is 1. The van der Waals surface area contributed by atoms with Crippen molar-refractivity contribution in [2.75, 3.05) is 19.7 Å². The molecule has 0 amide bonds. The fraction of sp³-hybridized carbons (Fsp3) is 0.450. The third-order valence-electron chi connectivity index (χ3n) is 5.03. The summed E-state index contributed by atoms with van der Waals surface area (Å²) in [6.07, 6.45) is 2.26. The van der Waals surface area contributed by atoms with Gasteiger partial charge in [0, 0.05) is 37.8 Å². The lowest BCUT2D eigenvalue weighted by molar-refractivity contribution is 0.125. The summed E-state index contributed by atoms with van der Waals surface area (Å²) in [5, 5.41) is 9.17. The molecule has 25 heavy (non-hydrogen) atoms. The molecule has 4 nitrogen and oxygen atoms in total. The van der Waals surface area contributed by atoms with E-state index in [2.05, 4.69) is 17.9 Å². The molecule has 2 heterocycles. The first-order chi connectivity index (χ1) is 12.1. The molecule has 2 aromatic rings. The van der Waals surface area contributed by atoms with E-state index in [0.717, 1.165) is 38.2 Å². The van der Waals surface area contributed by atoms with Crippen molar-refractivity contribution in [3.05, 3.63) is 53.1 Å². The maximum atomic E-state index is 13.2. The van der Waals surface area contributed by atoms with Crippen molar-refractivity contribution in [1.82, 2.24) is 9.47 Å². The van der Waals surface area contributed by atoms with Gasteiger partial charge in [-0.25, -0.2) is 4.39 Å². The predicted molar refractivity (Wildman–Crippen MR) is 94.8 cm³/mol. The summed E-state index contributed by atoms with van der Waals surface area (Å²) in [6, 6.07) is 10.5. The van der Waals surface area contributed by atoms with Gasteiger partial charge < -0.3 is 9.30 Å². The Hall–Kier alpha value is -2.32. The van der Waals surface area contributed by atoms with E-state index in [0.29, 0.717) is 24.0 Å². The van der Waals surface area contributed by atoms with Crippen LogP contribution in [-0.2, 0) is 13.6 Å². The van der Waals surface area contributed by atoms with Gasteiger partial charge in [0.05, 0.1) is 6.61 Å². The number of nitrogens with zero attached hydrogens (tertiary/aromatic N) is 3. The Kier molecular flexibility index (Phi) is 5.40. The van der Waals surface area contributed by atoms with Gasteiger partial charge in [-0.3, -0.25) is 4.90 Å². The highest BCUT2D eigenvalue weighted by Gasteiger charge is 2.22. The van der Waals surface area contributed by atoms with Crippen molar-refractivity contribution in [3.63, 3.8) is 0 Å². The first kappa shape index (κ1) is 17.5. The Morgan fingerprint density at radius 3 is 2.92 bits per heavy atom. The zero-order valence-corrected chi connectivity index (χ0v) is 14.8. The van der Waals surface area contributed by atoms with Crippen LogP contribution < -0.4 is 4.74 Å². The molecule has 1 fully saturated rings. The first-order valence-corrected chi connectivity index (χ1v) is 8.73. The molecule has 1 saturated heterocycles. The summed E-state index contributed by atoms with van der Waals surface area (Å²) in [5.41, 5.74) is 3.07. The SMILES string of the molecule is Cc1c(CN2CCCC(COc3cccc(F)c3)C2)cc(C#N)n1C. The van der Waals surface area contributed by atoms with Gasteiger partial charge in [-0.2, -0.15) is 5.26 Å². The van der Waals surface area contributed by atoms with Gasteiger partial charge in [0.2, 0.25) is 0 Å². The number of hydrogen-bond donors (Lipinski definition) is 0. The first-order valence-electron chi connectivity index (χ1n) is 8.73. The Morgan fingerprint density at radius 1 is 1.36 bits per heavy atom. The average Bonchev–Trinajstić information content (AvgIpc) is 2.88. The largest absolute Gasteiger partial charge is 0.493 e. The van der Waals surface area contributed by atoms with Gasteiger partial charge in [0.15, 0.2) is 0 Å². The van der Waals surface area contributed by atoms with E-state index in [4.69, 9.17) is 4.74 Å². The minimum atomic E-state index is -0.268. The van der Waals surface area contributed by atoms with Crippen molar-refractivity contribution in [2.24, 2.45) is 13.0 Å². The molecule has 1 unspecified atom stereocenters. The summed E-state index contributed by atoms with van der Waals surface area (Å²) >= 11 is 0. The molecule has 0 N–H and O–H groups in total. The van der Waals surface area contributed by atoms with Gasteiger partial charge in [-0.1, -0.05) is 6.07 Å². The molecule has 1 aromatic carbocycles. The van der Waals surface area contributed by atoms with E-state index in [-0.39, 0.29) is 5.82 Å². The molecule has 5 heteroatoms. The zero-order valence-electron chi connectivity index (χ0n) is 14.8. The van der Waals surface area contributed by atoms with Crippen LogP contribution in [0.3, 0.4) is 0 Å². The summed E-state index contributed by atoms with van der Waals surface area (Å²) in [7, 11) is 1.93. The maximum Gasteiger partial charge on any atom is 0.126 e. The van der Waals surface area contributed by atoms with E-state index >= 15 is 0 Å². The molecule has 0 radical (unpaired) electrons. The number of piperidine rings is 1. The lowest BCUT2D eigenvalue weighted by atomic mass is 9.98. The van der Waals surface area contributed by atoms with Crippen LogP contribution in [0, 0.1) is 30.0 Å². The van der Waals surface area contributed by atoms with Crippen LogP contribution in [0.15, 0.2) is 30.3 Å². The molecule has 0 aliphatic carbocycles. The van der Waals surface area contributed by atoms with Crippen LogP contribution in [0.25, 0.3) is 0 Å². The highest BCUT2D eigenvalue weighted by molar-refractivity contribution is 5.34. The quantitative estimate of drug-likeness (QED) is 0.834. The Morgan fingerprint density at radius 2 is 2.20 bits per heavy atom. The molecule has 0 saturated carbocycles. The van der Waals surface area contributed by atoms with Crippen molar-refractivity contribution in [2.45, 2.75) is 26.3 Å². The van der Waals surface area contributed by atoms with Gasteiger partial charge in [-0.05, 0) is 50.1 Å². The summed E-state index contributed by atoms with van der Waals surface area (Å²) in [6.45, 7) is 5.55. The number of hydrogen-bond acceptors (Lipinski definition) is 3. The van der Waals surface area contributed by atoms with Crippen LogP contribution in [0.5, 0.6) is 5.75 Å². The second-order valence-electron chi connectivity index (χ2n) is 6.82. The molecular formula is C20H24FN3O. The van der Waals surface area contributed by atoms with Gasteiger partial charge in [-0.15, -0.1) is 0 Å². The number of halogens is 1. The molecule has 1 atom stereocenters. The lowest BCUT2D eigenvalue weighted by Crippen LogP contribution is -2.37. The van der Waals surface area contributed by atoms with Crippen molar-refractivity contribution in [3.8, 4) is 11.8 Å². The topological polar surface area (TPSA) is 41.2 Å². The Balaban J connectivity index is 1.57. The number of nitriles is 1. The number of benzene rings is 1. The van der Waals surface area contributed by atoms with Crippen LogP contribution in [-0.4, -0.2) is 29.2 Å². The highest BCUT2D eigenvalue weighted by Crippen LogP contribution is 2.22. The minimum absolute atomic E-state index is 0.268. The van der Waals surface area contributed by atoms with Gasteiger partial charge in [0.25, 0.3) is 0 Å². The van der Waals surface area contributed by atoms with Crippen LogP contribution in [0.4, 0.5) is 4.39 Å². The van der Waals surface area contributed by atoms with Crippen LogP contribution in [0.2, 0.25) is 0 Å². The minimum Gasteiger partial charge on any atom is -0.493 e. The van der Waals surface area contributed by atoms with Crippen molar-refractivity contribution in [1.29, 1.82) is 5.26 Å². The molecule has 132 valence electrons. The summed E-state index contributed by atoms with van der Waals surface area (Å²) in [4.78, 5) is 2.42. The maximum absolute atomic E-state index is 13.2. The molecular weight excluding hydrogens is 317 g/mol. The standard InChI is InChI=1S/C20H24FN3O/c1-15-17(9-19(11-22)23(15)2)13-24-8-4-5-16(12-24)14-25-20-7-3-6-18(21)10-20/h3,6-7,9-10,16H,4-5,8,12-14H2,1-2H3. The lowest BCUT2D eigenvalue weighted by Gasteiger charge is -2.32. The molecule has 1 aromatic heterocycles. The van der Waals surface area contributed by atoms with Crippen molar-refractivity contribution < 1.29 is 9.13 Å². The summed E-state index contributed by atoms with van der Waals surface area (Å²) < 4.78 is 20.9. The third-order valence-corrected chi connectivity index (χ3v) is 5.03. The number of ether oxygens (including phenoxy) is 1. The second-order valence-corrected chi connectivity index (χ2v) is 6.82. The van der Waals surface area contributed by atoms with Crippen LogP contribution in [0.1, 0.15) is 29.8 Å². The normalized spacial score (nSPS) is 18.1. The molecule has 1 aliphatic heterocycles. The monoisotopic (exact) mass is 341 g/mol. The average molecular weight is 341 g/mol. The Labute approximate surface area is 148 Å². The summed E-state index contributed by atoms with van der Waals surface area (Å²) in [5.74, 6) is 0.766. The molecule has 0 bridgehead atoms. The highest BCUT2D eigenvalue weighted by atomic mass is 19.1. The van der Waals surface area contributed by atoms with Crippen LogP contribution >= 0.6 is 0 Å². The van der Waals surface area contributed by atoms with E-state index in [1.54, 1.807) is 12.1 Å². The number of likely N-dealkylation sites (tertiary alicyclic amines) is 1. The zero-order chi connectivity index (χ0) is 17.8. The molecule has 1 aliphatic rings. The van der Waals surface area contributed by atoms with Gasteiger partial charge >= 0.3 is 0 Å². The third kappa shape index (κ3) is 4.21. The fourth-order valence-corrected chi connectivity index (χ4v) is 3.47. The second kappa shape index (κ2) is 7.71. The van der Waals surface area contributed by atoms with E-state index < -0.39 is 0 Å². The fourth-order valence-electron chi connectivity index (χ4n) is 3.47. The van der Waals surface area contributed by atoms with Crippen molar-refractivity contribution >= 4 is 0 Å². The Bertz CT molecular complexity index is 778. The van der Waals surface area contributed by atoms with E-state index in [1.165, 1.54) is 17.7 Å². The smallest absolute Gasteiger partial charge is 0.126 e. The van der Waals surface area contributed by atoms with E-state index in [1.807, 2.05) is 17.7 Å². The predicted octanol–water partition coefficient (Wildman–Crippen LogP) is 3.64. The van der Waals surface area contributed by atoms with Gasteiger partial charge in [0.1, 0.15) is 23.3 Å². The molecule has 3 rings (SSSR count). The molecule has 0 spiro atoms. The number of rotatable bonds is 5.